The standard InChI is InChI=1S/C26H25N3O10S/c1-16-5-10-22(14-23(16)29(33)34)40(35,36)28(20-6-8-21(37-2)9-7-20)15-24(30)27-19-12-17(25(31)38-3)11-18(13-19)26(32)39-4/h5-14H,15H2,1-4H3,(H,27,30). The minimum absolute atomic E-state index is 0.00801. The molecule has 210 valence electrons. The average Bonchev–Trinajstić information content (AvgIpc) is 2.94. The molecule has 0 aromatic heterocycles. The molecule has 0 aliphatic heterocycles. The Morgan fingerprint density at radius 1 is 0.900 bits per heavy atom. The van der Waals surface area contributed by atoms with Gasteiger partial charge in [-0.3, -0.25) is 19.2 Å². The first-order chi connectivity index (χ1) is 18.9. The Bertz CT molecular complexity index is 1540. The highest BCUT2D eigenvalue weighted by Gasteiger charge is 2.29. The second-order valence-corrected chi connectivity index (χ2v) is 10.1. The Morgan fingerprint density at radius 3 is 1.98 bits per heavy atom. The Labute approximate surface area is 229 Å². The van der Waals surface area contributed by atoms with Gasteiger partial charge in [0.15, 0.2) is 0 Å². The van der Waals surface area contributed by atoms with Crippen LogP contribution in [0.15, 0.2) is 65.6 Å². The van der Waals surface area contributed by atoms with E-state index in [-0.39, 0.29) is 28.1 Å². The molecule has 0 saturated carbocycles. The van der Waals surface area contributed by atoms with Crippen LogP contribution in [-0.4, -0.2) is 59.1 Å². The van der Waals surface area contributed by atoms with Crippen molar-refractivity contribution >= 4 is 44.9 Å². The summed E-state index contributed by atoms with van der Waals surface area (Å²) in [6, 6.07) is 12.9. The summed E-state index contributed by atoms with van der Waals surface area (Å²) in [6.07, 6.45) is 0. The molecule has 1 amide bonds. The normalized spacial score (nSPS) is 10.8. The van der Waals surface area contributed by atoms with Crippen molar-refractivity contribution in [3.05, 3.63) is 87.5 Å². The minimum atomic E-state index is -4.51. The van der Waals surface area contributed by atoms with E-state index in [9.17, 15) is 32.9 Å². The summed E-state index contributed by atoms with van der Waals surface area (Å²) in [5.41, 5.74) is -0.219. The van der Waals surface area contributed by atoms with Crippen LogP contribution >= 0.6 is 0 Å². The van der Waals surface area contributed by atoms with E-state index < -0.39 is 49.9 Å². The van der Waals surface area contributed by atoms with Gasteiger partial charge >= 0.3 is 11.9 Å². The van der Waals surface area contributed by atoms with Crippen LogP contribution in [-0.2, 0) is 24.3 Å². The van der Waals surface area contributed by atoms with Crippen LogP contribution in [0.3, 0.4) is 0 Å². The monoisotopic (exact) mass is 571 g/mol. The van der Waals surface area contributed by atoms with Gasteiger partial charge in [0, 0.05) is 17.3 Å². The number of hydrogen-bond acceptors (Lipinski definition) is 10. The lowest BCUT2D eigenvalue weighted by Gasteiger charge is -2.24. The van der Waals surface area contributed by atoms with Crippen molar-refractivity contribution in [2.24, 2.45) is 0 Å². The third-order valence-corrected chi connectivity index (χ3v) is 7.44. The Hall–Kier alpha value is -4.98. The molecule has 13 nitrogen and oxygen atoms in total. The van der Waals surface area contributed by atoms with Crippen molar-refractivity contribution in [1.82, 2.24) is 0 Å². The smallest absolute Gasteiger partial charge is 0.337 e. The predicted molar refractivity (Wildman–Crippen MR) is 143 cm³/mol. The maximum atomic E-state index is 13.7. The number of nitrogens with one attached hydrogen (secondary N) is 1. The van der Waals surface area contributed by atoms with Gasteiger partial charge in [-0.25, -0.2) is 18.0 Å². The largest absolute Gasteiger partial charge is 0.497 e. The van der Waals surface area contributed by atoms with E-state index in [2.05, 4.69) is 14.8 Å². The number of nitro groups is 1. The minimum Gasteiger partial charge on any atom is -0.497 e. The molecule has 3 aromatic rings. The first-order valence-corrected chi connectivity index (χ1v) is 12.9. The van der Waals surface area contributed by atoms with Crippen LogP contribution in [0.2, 0.25) is 0 Å². The van der Waals surface area contributed by atoms with Crippen molar-refractivity contribution in [1.29, 1.82) is 0 Å². The number of carbonyl (C=O) groups is 3. The molecule has 0 bridgehead atoms. The predicted octanol–water partition coefficient (Wildman–Crippen LogP) is 3.32. The number of nitrogens with zero attached hydrogens (tertiary/aromatic N) is 2. The number of aryl methyl sites for hydroxylation is 1. The Morgan fingerprint density at radius 2 is 1.48 bits per heavy atom. The Balaban J connectivity index is 2.03. The van der Waals surface area contributed by atoms with E-state index in [1.807, 2.05) is 0 Å². The van der Waals surface area contributed by atoms with Gasteiger partial charge in [-0.05, 0) is 55.5 Å². The highest BCUT2D eigenvalue weighted by molar-refractivity contribution is 7.92. The number of esters is 2. The number of benzene rings is 3. The highest BCUT2D eigenvalue weighted by atomic mass is 32.2. The molecular weight excluding hydrogens is 546 g/mol. The third-order valence-electron chi connectivity index (χ3n) is 5.67. The van der Waals surface area contributed by atoms with Crippen molar-refractivity contribution in [3.63, 3.8) is 0 Å². The zero-order valence-electron chi connectivity index (χ0n) is 21.9. The van der Waals surface area contributed by atoms with Gasteiger partial charge in [0.25, 0.3) is 15.7 Å². The number of amides is 1. The Kier molecular flexibility index (Phi) is 9.06. The molecule has 0 saturated heterocycles. The van der Waals surface area contributed by atoms with Crippen molar-refractivity contribution in [2.45, 2.75) is 11.8 Å². The summed E-state index contributed by atoms with van der Waals surface area (Å²) in [7, 11) is -0.807. The van der Waals surface area contributed by atoms with Gasteiger partial charge in [-0.15, -0.1) is 0 Å². The van der Waals surface area contributed by atoms with Gasteiger partial charge in [0.2, 0.25) is 5.91 Å². The summed E-state index contributed by atoms with van der Waals surface area (Å²) >= 11 is 0. The van der Waals surface area contributed by atoms with Crippen LogP contribution < -0.4 is 14.4 Å². The average molecular weight is 572 g/mol. The van der Waals surface area contributed by atoms with E-state index in [1.165, 1.54) is 68.6 Å². The summed E-state index contributed by atoms with van der Waals surface area (Å²) in [4.78, 5) is 47.6. The number of nitro benzene ring substituents is 1. The topological polar surface area (TPSA) is 171 Å². The van der Waals surface area contributed by atoms with Crippen LogP contribution in [0.5, 0.6) is 5.75 Å². The van der Waals surface area contributed by atoms with E-state index >= 15 is 0 Å². The maximum Gasteiger partial charge on any atom is 0.337 e. The summed E-state index contributed by atoms with van der Waals surface area (Å²) in [5, 5.41) is 13.9. The number of ether oxygens (including phenoxy) is 3. The first-order valence-electron chi connectivity index (χ1n) is 11.4. The summed E-state index contributed by atoms with van der Waals surface area (Å²) in [6.45, 7) is 0.695. The van der Waals surface area contributed by atoms with Crippen LogP contribution in [0.1, 0.15) is 26.3 Å². The molecule has 3 aromatic carbocycles. The van der Waals surface area contributed by atoms with Gasteiger partial charge in [-0.1, -0.05) is 6.07 Å². The number of hydrogen-bond donors (Lipinski definition) is 1. The third kappa shape index (κ3) is 6.53. The van der Waals surface area contributed by atoms with E-state index in [0.29, 0.717) is 5.75 Å². The molecule has 40 heavy (non-hydrogen) atoms. The van der Waals surface area contributed by atoms with Crippen LogP contribution in [0, 0.1) is 17.0 Å². The molecule has 0 aliphatic carbocycles. The lowest BCUT2D eigenvalue weighted by molar-refractivity contribution is -0.385. The molecular formula is C26H25N3O10S. The van der Waals surface area contributed by atoms with Gasteiger partial charge in [-0.2, -0.15) is 0 Å². The lowest BCUT2D eigenvalue weighted by Crippen LogP contribution is -2.38. The zero-order chi connectivity index (χ0) is 29.6. The number of sulfonamides is 1. The molecule has 0 fully saturated rings. The van der Waals surface area contributed by atoms with Crippen molar-refractivity contribution in [3.8, 4) is 5.75 Å². The van der Waals surface area contributed by atoms with Gasteiger partial charge in [0.1, 0.15) is 12.3 Å². The summed E-state index contributed by atoms with van der Waals surface area (Å²) < 4.78 is 42.6. The fourth-order valence-electron chi connectivity index (χ4n) is 3.64. The molecule has 0 radical (unpaired) electrons. The molecule has 3 rings (SSSR count). The lowest BCUT2D eigenvalue weighted by atomic mass is 10.1. The first kappa shape index (κ1) is 29.6. The van der Waals surface area contributed by atoms with Crippen molar-refractivity contribution < 1.29 is 41.9 Å². The number of anilines is 2. The maximum absolute atomic E-state index is 13.7. The molecule has 0 aliphatic rings. The van der Waals surface area contributed by atoms with E-state index in [0.717, 1.165) is 24.6 Å². The molecule has 1 N–H and O–H groups in total. The molecule has 14 heteroatoms. The van der Waals surface area contributed by atoms with Crippen molar-refractivity contribution in [2.75, 3.05) is 37.5 Å². The molecule has 0 spiro atoms. The molecule has 0 heterocycles. The summed E-state index contributed by atoms with van der Waals surface area (Å²) in [5.74, 6) is -2.00. The SMILES string of the molecule is COC(=O)c1cc(NC(=O)CN(c2ccc(OC)cc2)S(=O)(=O)c2ccc(C)c([N+](=O)[O-])c2)cc(C(=O)OC)c1. The molecule has 0 unspecified atom stereocenters. The van der Waals surface area contributed by atoms with Gasteiger partial charge in [0.05, 0.1) is 48.0 Å². The fourth-order valence-corrected chi connectivity index (χ4v) is 5.08. The van der Waals surface area contributed by atoms with Gasteiger partial charge < -0.3 is 19.5 Å². The highest BCUT2D eigenvalue weighted by Crippen LogP contribution is 2.29. The quantitative estimate of drug-likeness (QED) is 0.216. The van der Waals surface area contributed by atoms with Crippen LogP contribution in [0.25, 0.3) is 0 Å². The number of rotatable bonds is 10. The number of carbonyl (C=O) groups excluding carboxylic acids is 3. The second kappa shape index (κ2) is 12.3. The van der Waals surface area contributed by atoms with Crippen LogP contribution in [0.4, 0.5) is 17.1 Å². The number of methoxy groups -OCH3 is 3. The van der Waals surface area contributed by atoms with E-state index in [4.69, 9.17) is 4.74 Å². The molecule has 0 atom stereocenters. The van der Waals surface area contributed by atoms with E-state index in [1.54, 1.807) is 0 Å². The second-order valence-electron chi connectivity index (χ2n) is 8.25. The fraction of sp³-hybridized carbons (Fsp3) is 0.192. The zero-order valence-corrected chi connectivity index (χ0v) is 22.7.